The van der Waals surface area contributed by atoms with E-state index in [1.807, 2.05) is 48.5 Å². The highest BCUT2D eigenvalue weighted by molar-refractivity contribution is 5.89. The number of nitro benzene ring substituents is 1. The highest BCUT2D eigenvalue weighted by Crippen LogP contribution is 2.44. The van der Waals surface area contributed by atoms with Crippen LogP contribution in [0.1, 0.15) is 28.8 Å². The number of non-ortho nitro benzene ring substituents is 1. The van der Waals surface area contributed by atoms with Gasteiger partial charge in [-0.15, -0.1) is 0 Å². The lowest BCUT2D eigenvalue weighted by Gasteiger charge is -2.18. The van der Waals surface area contributed by atoms with Gasteiger partial charge in [-0.05, 0) is 22.3 Å². The van der Waals surface area contributed by atoms with E-state index in [9.17, 15) is 25.1 Å². The van der Waals surface area contributed by atoms with Crippen molar-refractivity contribution < 1.29 is 24.7 Å². The second-order valence-corrected chi connectivity index (χ2v) is 8.29. The maximum Gasteiger partial charge on any atom is 0.407 e. The summed E-state index contributed by atoms with van der Waals surface area (Å²) in [6.07, 6.45) is -3.60. The molecular formula is C25H22N4O6. The molecule has 0 spiro atoms. The van der Waals surface area contributed by atoms with Crippen LogP contribution in [0.5, 0.6) is 0 Å². The second-order valence-electron chi connectivity index (χ2n) is 8.29. The van der Waals surface area contributed by atoms with Crippen LogP contribution in [0.2, 0.25) is 0 Å². The van der Waals surface area contributed by atoms with Crippen molar-refractivity contribution in [2.24, 2.45) is 0 Å². The van der Waals surface area contributed by atoms with Gasteiger partial charge in [-0.3, -0.25) is 15.2 Å². The number of amides is 1. The van der Waals surface area contributed by atoms with Crippen LogP contribution in [0.25, 0.3) is 22.0 Å². The average molecular weight is 474 g/mol. The summed E-state index contributed by atoms with van der Waals surface area (Å²) in [5, 5.41) is 41.4. The summed E-state index contributed by atoms with van der Waals surface area (Å²) in [5.41, 5.74) is 4.36. The third-order valence-electron chi connectivity index (χ3n) is 6.25. The van der Waals surface area contributed by atoms with E-state index in [-0.39, 0.29) is 36.0 Å². The summed E-state index contributed by atoms with van der Waals surface area (Å²) in [5.74, 6) is -0.101. The molecule has 4 N–H and O–H groups in total. The molecule has 0 fully saturated rings. The molecule has 1 aliphatic carbocycles. The summed E-state index contributed by atoms with van der Waals surface area (Å²) < 4.78 is 5.43. The van der Waals surface area contributed by atoms with Gasteiger partial charge in [-0.2, -0.15) is 5.10 Å². The van der Waals surface area contributed by atoms with Crippen LogP contribution in [-0.4, -0.2) is 50.7 Å². The Morgan fingerprint density at radius 3 is 2.37 bits per heavy atom. The molecule has 0 saturated carbocycles. The fourth-order valence-electron chi connectivity index (χ4n) is 4.56. The maximum atomic E-state index is 12.3. The van der Waals surface area contributed by atoms with E-state index in [0.29, 0.717) is 5.39 Å². The summed E-state index contributed by atoms with van der Waals surface area (Å²) in [6.45, 7) is -0.180. The Kier molecular flexibility index (Phi) is 5.89. The fourth-order valence-corrected chi connectivity index (χ4v) is 4.56. The minimum absolute atomic E-state index is 0.0724. The lowest BCUT2D eigenvalue weighted by molar-refractivity contribution is -0.383. The standard InChI is InChI=1S/C25H22N4O6/c30-21(24(31)23-18-10-5-11-20(29(33)34)22(18)27-28-23)12-26-25(32)35-13-19-16-8-3-1-6-14(16)15-7-2-4-9-17(15)19/h1-11,19,21,24,30-31H,12-13H2,(H,26,32)(H,27,28). The van der Waals surface area contributed by atoms with Gasteiger partial charge in [0.2, 0.25) is 0 Å². The Hall–Kier alpha value is -4.28. The van der Waals surface area contributed by atoms with Gasteiger partial charge in [0.05, 0.1) is 10.6 Å². The van der Waals surface area contributed by atoms with Crippen LogP contribution in [0.4, 0.5) is 10.5 Å². The SMILES string of the molecule is O=C(NCC(O)C(O)c1[nH]nc2c([N+](=O)[O-])cccc12)OCC1c2ccccc2-c2ccccc21. The van der Waals surface area contributed by atoms with Crippen LogP contribution < -0.4 is 5.32 Å². The first-order valence-electron chi connectivity index (χ1n) is 11.0. The Morgan fingerprint density at radius 1 is 1.06 bits per heavy atom. The first-order chi connectivity index (χ1) is 17.0. The highest BCUT2D eigenvalue weighted by atomic mass is 16.6. The van der Waals surface area contributed by atoms with Crippen molar-refractivity contribution in [2.45, 2.75) is 18.1 Å². The monoisotopic (exact) mass is 474 g/mol. The van der Waals surface area contributed by atoms with Crippen molar-refractivity contribution in [2.75, 3.05) is 13.2 Å². The van der Waals surface area contributed by atoms with Gasteiger partial charge in [0.15, 0.2) is 5.52 Å². The van der Waals surface area contributed by atoms with Gasteiger partial charge in [0.25, 0.3) is 5.69 Å². The summed E-state index contributed by atoms with van der Waals surface area (Å²) in [6, 6.07) is 20.3. The molecule has 4 aromatic rings. The molecule has 10 heteroatoms. The van der Waals surface area contributed by atoms with E-state index in [1.54, 1.807) is 6.07 Å². The van der Waals surface area contributed by atoms with Gasteiger partial charge in [-0.1, -0.05) is 60.7 Å². The van der Waals surface area contributed by atoms with Crippen LogP contribution in [0.15, 0.2) is 66.7 Å². The van der Waals surface area contributed by atoms with Gasteiger partial charge in [0.1, 0.15) is 18.8 Å². The van der Waals surface area contributed by atoms with E-state index in [1.165, 1.54) is 12.1 Å². The van der Waals surface area contributed by atoms with Gasteiger partial charge in [0, 0.05) is 23.9 Å². The van der Waals surface area contributed by atoms with Crippen LogP contribution in [0, 0.1) is 10.1 Å². The molecule has 0 radical (unpaired) electrons. The minimum atomic E-state index is -1.46. The number of alkyl carbamates (subject to hydrolysis) is 1. The van der Waals surface area contributed by atoms with E-state index in [2.05, 4.69) is 15.5 Å². The van der Waals surface area contributed by atoms with E-state index in [0.717, 1.165) is 22.3 Å². The Balaban J connectivity index is 1.21. The van der Waals surface area contributed by atoms with Gasteiger partial charge < -0.3 is 20.3 Å². The molecule has 1 aromatic heterocycles. The molecule has 35 heavy (non-hydrogen) atoms. The number of carbonyl (C=O) groups excluding carboxylic acids is 1. The zero-order valence-corrected chi connectivity index (χ0v) is 18.4. The van der Waals surface area contributed by atoms with Crippen molar-refractivity contribution in [3.63, 3.8) is 0 Å². The van der Waals surface area contributed by atoms with Crippen LogP contribution in [0.3, 0.4) is 0 Å². The lowest BCUT2D eigenvalue weighted by Crippen LogP contribution is -2.36. The molecule has 0 saturated heterocycles. The number of rotatable bonds is 7. The van der Waals surface area contributed by atoms with Gasteiger partial charge >= 0.3 is 6.09 Å². The largest absolute Gasteiger partial charge is 0.449 e. The maximum absolute atomic E-state index is 12.3. The number of para-hydroxylation sites is 1. The molecule has 2 unspecified atom stereocenters. The zero-order valence-electron chi connectivity index (χ0n) is 18.4. The minimum Gasteiger partial charge on any atom is -0.449 e. The number of hydrogen-bond donors (Lipinski definition) is 4. The smallest absolute Gasteiger partial charge is 0.407 e. The molecule has 0 bridgehead atoms. The first-order valence-corrected chi connectivity index (χ1v) is 11.0. The summed E-state index contributed by atoms with van der Waals surface area (Å²) in [4.78, 5) is 23.0. The van der Waals surface area contributed by atoms with Crippen molar-refractivity contribution in [1.82, 2.24) is 15.5 Å². The first kappa shape index (κ1) is 22.5. The number of nitrogens with one attached hydrogen (secondary N) is 2. The molecule has 2 atom stereocenters. The van der Waals surface area contributed by atoms with Crippen LogP contribution >= 0.6 is 0 Å². The summed E-state index contributed by atoms with van der Waals surface area (Å²) in [7, 11) is 0. The number of benzene rings is 3. The number of aliphatic hydroxyl groups is 2. The third kappa shape index (κ3) is 4.09. The number of fused-ring (bicyclic) bond motifs is 4. The number of hydrogen-bond acceptors (Lipinski definition) is 7. The molecule has 1 amide bonds. The van der Waals surface area contributed by atoms with E-state index >= 15 is 0 Å². The normalized spacial score (nSPS) is 14.2. The molecule has 178 valence electrons. The fraction of sp³-hybridized carbons (Fsp3) is 0.200. The quantitative estimate of drug-likeness (QED) is 0.237. The van der Waals surface area contributed by atoms with Crippen molar-refractivity contribution in [3.05, 3.63) is 93.7 Å². The molecule has 3 aromatic carbocycles. The Labute approximate surface area is 199 Å². The van der Waals surface area contributed by atoms with Crippen molar-refractivity contribution in [3.8, 4) is 11.1 Å². The van der Waals surface area contributed by atoms with Gasteiger partial charge in [-0.25, -0.2) is 4.79 Å². The Morgan fingerprint density at radius 2 is 1.71 bits per heavy atom. The summed E-state index contributed by atoms with van der Waals surface area (Å²) >= 11 is 0. The molecule has 1 aliphatic rings. The highest BCUT2D eigenvalue weighted by Gasteiger charge is 2.30. The second kappa shape index (κ2) is 9.16. The number of aliphatic hydroxyl groups excluding tert-OH is 2. The number of aromatic amines is 1. The predicted octanol–water partition coefficient (Wildman–Crippen LogP) is 3.40. The number of H-pyrrole nitrogens is 1. The molecule has 0 aliphatic heterocycles. The number of nitro groups is 1. The number of aromatic nitrogens is 2. The third-order valence-corrected chi connectivity index (χ3v) is 6.25. The molecule has 10 nitrogen and oxygen atoms in total. The lowest BCUT2D eigenvalue weighted by atomic mass is 9.98. The number of ether oxygens (including phenoxy) is 1. The topological polar surface area (TPSA) is 151 Å². The molecule has 1 heterocycles. The number of nitrogens with zero attached hydrogens (tertiary/aromatic N) is 2. The number of carbonyl (C=O) groups is 1. The van der Waals surface area contributed by atoms with E-state index in [4.69, 9.17) is 4.74 Å². The van der Waals surface area contributed by atoms with Crippen molar-refractivity contribution in [1.29, 1.82) is 0 Å². The predicted molar refractivity (Wildman–Crippen MR) is 127 cm³/mol. The zero-order chi connectivity index (χ0) is 24.5. The average Bonchev–Trinajstić information content (AvgIpc) is 3.45. The van der Waals surface area contributed by atoms with E-state index < -0.39 is 23.2 Å². The molecule has 5 rings (SSSR count). The molecular weight excluding hydrogens is 452 g/mol. The Bertz CT molecular complexity index is 1370. The van der Waals surface area contributed by atoms with Crippen molar-refractivity contribution >= 4 is 22.7 Å². The van der Waals surface area contributed by atoms with Crippen LogP contribution in [-0.2, 0) is 4.74 Å².